The summed E-state index contributed by atoms with van der Waals surface area (Å²) in [5.41, 5.74) is 5.75. The molecule has 8 rings (SSSR count). The molecule has 4 aromatic heterocycles. The smallest absolute Gasteiger partial charge is 0.147 e. The Labute approximate surface area is 243 Å². The van der Waals surface area contributed by atoms with E-state index >= 15 is 0 Å². The van der Waals surface area contributed by atoms with Crippen LogP contribution in [-0.4, -0.2) is 19.5 Å². The minimum absolute atomic E-state index is 0.256. The molecule has 0 saturated carbocycles. The van der Waals surface area contributed by atoms with E-state index in [-0.39, 0.29) is 5.56 Å². The van der Waals surface area contributed by atoms with Crippen LogP contribution in [0.15, 0.2) is 109 Å². The molecule has 4 nitrogen and oxygen atoms in total. The largest absolute Gasteiger partial charge is 0.291 e. The van der Waals surface area contributed by atoms with Crippen LogP contribution in [0.1, 0.15) is 19.5 Å². The van der Waals surface area contributed by atoms with E-state index in [4.69, 9.17) is 13.2 Å². The first kappa shape index (κ1) is 17.7. The van der Waals surface area contributed by atoms with Crippen molar-refractivity contribution in [1.82, 2.24) is 19.5 Å². The zero-order chi connectivity index (χ0) is 31.8. The molecule has 0 fully saturated rings. The summed E-state index contributed by atoms with van der Waals surface area (Å²) in [6, 6.07) is 33.6. The Balaban J connectivity index is 1.49. The van der Waals surface area contributed by atoms with Gasteiger partial charge in [-0.1, -0.05) is 60.7 Å². The summed E-state index contributed by atoms with van der Waals surface area (Å²) in [7, 11) is 0. The average Bonchev–Trinajstić information content (AvgIpc) is 3.62. The molecule has 0 N–H and O–H groups in total. The molecule has 0 aliphatic carbocycles. The van der Waals surface area contributed by atoms with Gasteiger partial charge < -0.3 is 0 Å². The number of para-hydroxylation sites is 1. The Hall–Kier alpha value is -4.87. The molecule has 4 aromatic carbocycles. The van der Waals surface area contributed by atoms with Crippen molar-refractivity contribution in [2.45, 2.75) is 13.7 Å². The SMILES string of the molecule is [2H]C([2H])([2H])c1cc2c(nc1C([2H])([2H])[2H])sc1c(-c3nc4ccc5ncccc5c4n3-c3ccccc3-c3ccccc3)cccc12. The normalized spacial score (nSPS) is 14.6. The Kier molecular flexibility index (Phi) is 3.90. The van der Waals surface area contributed by atoms with Crippen LogP contribution in [0.4, 0.5) is 0 Å². The highest BCUT2D eigenvalue weighted by Gasteiger charge is 2.22. The lowest BCUT2D eigenvalue weighted by Gasteiger charge is -2.16. The van der Waals surface area contributed by atoms with Crippen LogP contribution in [0, 0.1) is 13.7 Å². The number of aryl methyl sites for hydroxylation is 2. The fourth-order valence-corrected chi connectivity index (χ4v) is 6.73. The highest BCUT2D eigenvalue weighted by atomic mass is 32.1. The van der Waals surface area contributed by atoms with Gasteiger partial charge in [-0.05, 0) is 67.3 Å². The van der Waals surface area contributed by atoms with Gasteiger partial charge in [0.05, 0.1) is 22.2 Å². The lowest BCUT2D eigenvalue weighted by molar-refractivity contribution is 1.11. The lowest BCUT2D eigenvalue weighted by Crippen LogP contribution is -2.01. The van der Waals surface area contributed by atoms with E-state index in [9.17, 15) is 0 Å². The second-order valence-corrected chi connectivity index (χ2v) is 10.7. The standard InChI is InChI=1S/C35H24N4S/c1-21-20-28-25-13-8-14-27(33(25)40-35(28)37-22(21)2)34-38-30-18-17-29-26(15-9-19-36-29)32(30)39(34)31-16-7-6-12-24(31)23-10-4-3-5-11-23/h3-20H,1-2H3/i1D3,2D3. The third kappa shape index (κ3) is 3.41. The van der Waals surface area contributed by atoms with Crippen molar-refractivity contribution in [3.63, 3.8) is 0 Å². The van der Waals surface area contributed by atoms with E-state index in [0.29, 0.717) is 16.0 Å². The van der Waals surface area contributed by atoms with E-state index in [1.807, 2.05) is 72.8 Å². The zero-order valence-corrected chi connectivity index (χ0v) is 21.9. The van der Waals surface area contributed by atoms with Gasteiger partial charge in [-0.2, -0.15) is 0 Å². The Bertz CT molecular complexity index is 2460. The highest BCUT2D eigenvalue weighted by molar-refractivity contribution is 7.26. The van der Waals surface area contributed by atoms with Gasteiger partial charge >= 0.3 is 0 Å². The van der Waals surface area contributed by atoms with Crippen molar-refractivity contribution in [2.24, 2.45) is 0 Å². The van der Waals surface area contributed by atoms with Crippen LogP contribution in [0.25, 0.3) is 70.4 Å². The van der Waals surface area contributed by atoms with E-state index in [1.165, 1.54) is 17.4 Å². The van der Waals surface area contributed by atoms with E-state index in [1.54, 1.807) is 6.20 Å². The van der Waals surface area contributed by atoms with Crippen LogP contribution in [0.5, 0.6) is 0 Å². The molecule has 0 saturated heterocycles. The third-order valence-electron chi connectivity index (χ3n) is 7.36. The third-order valence-corrected chi connectivity index (χ3v) is 8.51. The van der Waals surface area contributed by atoms with Crippen LogP contribution < -0.4 is 0 Å². The predicted molar refractivity (Wildman–Crippen MR) is 167 cm³/mol. The van der Waals surface area contributed by atoms with E-state index < -0.39 is 19.4 Å². The monoisotopic (exact) mass is 538 g/mol. The van der Waals surface area contributed by atoms with Gasteiger partial charge in [0.25, 0.3) is 0 Å². The number of thiophene rings is 1. The van der Waals surface area contributed by atoms with Gasteiger partial charge in [-0.15, -0.1) is 11.3 Å². The molecule has 8 aromatic rings. The summed E-state index contributed by atoms with van der Waals surface area (Å²) in [4.78, 5) is 14.8. The van der Waals surface area contributed by atoms with Crippen molar-refractivity contribution in [2.75, 3.05) is 0 Å². The first-order valence-electron chi connectivity index (χ1n) is 15.9. The molecule has 190 valence electrons. The van der Waals surface area contributed by atoms with Crippen molar-refractivity contribution < 1.29 is 8.22 Å². The van der Waals surface area contributed by atoms with Gasteiger partial charge in [0.1, 0.15) is 10.7 Å². The second-order valence-electron chi connectivity index (χ2n) is 9.68. The molecule has 0 atom stereocenters. The molecular weight excluding hydrogens is 508 g/mol. The molecule has 5 heteroatoms. The van der Waals surface area contributed by atoms with Crippen molar-refractivity contribution in [1.29, 1.82) is 0 Å². The van der Waals surface area contributed by atoms with E-state index in [2.05, 4.69) is 38.8 Å². The van der Waals surface area contributed by atoms with Crippen LogP contribution in [0.2, 0.25) is 0 Å². The summed E-state index contributed by atoms with van der Waals surface area (Å²) < 4.78 is 51.3. The molecule has 0 unspecified atom stereocenters. The minimum Gasteiger partial charge on any atom is -0.291 e. The maximum absolute atomic E-state index is 8.08. The first-order valence-corrected chi connectivity index (χ1v) is 13.7. The van der Waals surface area contributed by atoms with E-state index in [0.717, 1.165) is 54.4 Å². The summed E-state index contributed by atoms with van der Waals surface area (Å²) in [6.07, 6.45) is 1.78. The van der Waals surface area contributed by atoms with Gasteiger partial charge in [0, 0.05) is 52.1 Å². The molecule has 0 bridgehead atoms. The summed E-state index contributed by atoms with van der Waals surface area (Å²) in [5.74, 6) is 0.694. The molecule has 4 heterocycles. The molecule has 0 aliphatic rings. The second kappa shape index (κ2) is 8.83. The highest BCUT2D eigenvalue weighted by Crippen LogP contribution is 2.42. The van der Waals surface area contributed by atoms with Crippen molar-refractivity contribution >= 4 is 53.6 Å². The van der Waals surface area contributed by atoms with Crippen molar-refractivity contribution in [3.8, 4) is 28.2 Å². The van der Waals surface area contributed by atoms with Gasteiger partial charge in [0.2, 0.25) is 0 Å². The maximum Gasteiger partial charge on any atom is 0.147 e. The van der Waals surface area contributed by atoms with Gasteiger partial charge in [-0.25, -0.2) is 9.97 Å². The summed E-state index contributed by atoms with van der Waals surface area (Å²) in [5, 5.41) is 2.34. The molecule has 0 amide bonds. The lowest BCUT2D eigenvalue weighted by atomic mass is 10.0. The fourth-order valence-electron chi connectivity index (χ4n) is 5.57. The number of fused-ring (bicyclic) bond motifs is 6. The minimum atomic E-state index is -2.68. The fraction of sp³-hybridized carbons (Fsp3) is 0.0571. The average molecular weight is 539 g/mol. The molecular formula is C35H24N4S. The Morgan fingerprint density at radius 2 is 1.52 bits per heavy atom. The first-order chi connectivity index (χ1) is 22.1. The summed E-state index contributed by atoms with van der Waals surface area (Å²) >= 11 is 1.34. The van der Waals surface area contributed by atoms with Gasteiger partial charge in [-0.3, -0.25) is 9.55 Å². The Morgan fingerprint density at radius 1 is 0.700 bits per heavy atom. The van der Waals surface area contributed by atoms with Crippen molar-refractivity contribution in [3.05, 3.63) is 121 Å². The molecule has 40 heavy (non-hydrogen) atoms. The summed E-state index contributed by atoms with van der Waals surface area (Å²) in [6.45, 7) is -5.32. The maximum atomic E-state index is 8.08. The quantitative estimate of drug-likeness (QED) is 0.225. The number of imidazole rings is 1. The molecule has 0 radical (unpaired) electrons. The number of pyridine rings is 2. The predicted octanol–water partition coefficient (Wildman–Crippen LogP) is 9.29. The molecule has 0 aliphatic heterocycles. The zero-order valence-electron chi connectivity index (χ0n) is 27.1. The number of rotatable bonds is 3. The Morgan fingerprint density at radius 3 is 2.42 bits per heavy atom. The number of hydrogen-bond acceptors (Lipinski definition) is 4. The number of aromatic nitrogens is 4. The van der Waals surface area contributed by atoms with Crippen LogP contribution in [-0.2, 0) is 0 Å². The molecule has 0 spiro atoms. The topological polar surface area (TPSA) is 43.6 Å². The number of nitrogens with zero attached hydrogens (tertiary/aromatic N) is 4. The van der Waals surface area contributed by atoms with Crippen LogP contribution >= 0.6 is 11.3 Å². The number of hydrogen-bond donors (Lipinski definition) is 0. The number of benzene rings is 4. The van der Waals surface area contributed by atoms with Crippen LogP contribution in [0.3, 0.4) is 0 Å². The van der Waals surface area contributed by atoms with Gasteiger partial charge in [0.15, 0.2) is 0 Å².